The van der Waals surface area contributed by atoms with Crippen LogP contribution in [0, 0.1) is 5.92 Å². The SMILES string of the molecule is CCC(CC)C(O)CNCC(O)c1ccc(C(C)C)cc1. The van der Waals surface area contributed by atoms with Gasteiger partial charge in [0.05, 0.1) is 12.2 Å². The number of benzene rings is 1. The third kappa shape index (κ3) is 5.77. The molecular formula is C18H31NO2. The highest BCUT2D eigenvalue weighted by molar-refractivity contribution is 5.26. The lowest BCUT2D eigenvalue weighted by atomic mass is 9.96. The van der Waals surface area contributed by atoms with Crippen molar-refractivity contribution in [3.8, 4) is 0 Å². The van der Waals surface area contributed by atoms with E-state index in [9.17, 15) is 10.2 Å². The Hall–Kier alpha value is -0.900. The van der Waals surface area contributed by atoms with Gasteiger partial charge in [0.1, 0.15) is 0 Å². The molecule has 3 nitrogen and oxygen atoms in total. The molecule has 2 atom stereocenters. The number of nitrogens with one attached hydrogen (secondary N) is 1. The first-order valence-corrected chi connectivity index (χ1v) is 8.16. The lowest BCUT2D eigenvalue weighted by Gasteiger charge is -2.21. The Balaban J connectivity index is 2.41. The van der Waals surface area contributed by atoms with Crippen LogP contribution >= 0.6 is 0 Å². The number of aliphatic hydroxyl groups excluding tert-OH is 2. The smallest absolute Gasteiger partial charge is 0.0914 e. The summed E-state index contributed by atoms with van der Waals surface area (Å²) in [6, 6.07) is 8.11. The van der Waals surface area contributed by atoms with Gasteiger partial charge in [0.2, 0.25) is 0 Å². The lowest BCUT2D eigenvalue weighted by Crippen LogP contribution is -2.34. The predicted octanol–water partition coefficient (Wildman–Crippen LogP) is 3.23. The molecule has 0 aliphatic heterocycles. The van der Waals surface area contributed by atoms with E-state index in [-0.39, 0.29) is 6.10 Å². The van der Waals surface area contributed by atoms with E-state index in [1.54, 1.807) is 0 Å². The molecule has 0 radical (unpaired) electrons. The molecule has 0 aromatic heterocycles. The van der Waals surface area contributed by atoms with Gasteiger partial charge < -0.3 is 15.5 Å². The maximum absolute atomic E-state index is 10.2. The van der Waals surface area contributed by atoms with E-state index >= 15 is 0 Å². The zero-order chi connectivity index (χ0) is 15.8. The Morgan fingerprint density at radius 3 is 1.90 bits per heavy atom. The number of rotatable bonds is 9. The Bertz CT molecular complexity index is 385. The minimum atomic E-state index is -0.528. The van der Waals surface area contributed by atoms with E-state index in [4.69, 9.17) is 0 Å². The molecule has 0 saturated carbocycles. The van der Waals surface area contributed by atoms with Gasteiger partial charge in [-0.05, 0) is 23.0 Å². The second-order valence-electron chi connectivity index (χ2n) is 6.14. The minimum Gasteiger partial charge on any atom is -0.392 e. The van der Waals surface area contributed by atoms with Gasteiger partial charge in [-0.25, -0.2) is 0 Å². The number of hydrogen-bond donors (Lipinski definition) is 3. The van der Waals surface area contributed by atoms with Crippen molar-refractivity contribution in [3.63, 3.8) is 0 Å². The Labute approximate surface area is 129 Å². The third-order valence-corrected chi connectivity index (χ3v) is 4.27. The molecule has 0 aliphatic rings. The standard InChI is InChI=1S/C18H31NO2/c1-5-14(6-2)17(20)11-19-12-18(21)16-9-7-15(8-10-16)13(3)4/h7-10,13-14,17-21H,5-6,11-12H2,1-4H3. The maximum Gasteiger partial charge on any atom is 0.0914 e. The monoisotopic (exact) mass is 293 g/mol. The van der Waals surface area contributed by atoms with Crippen LogP contribution in [-0.2, 0) is 0 Å². The van der Waals surface area contributed by atoms with Crippen LogP contribution in [0.3, 0.4) is 0 Å². The Kier molecular flexibility index (Phi) is 7.94. The zero-order valence-corrected chi connectivity index (χ0v) is 13.8. The molecule has 3 N–H and O–H groups in total. The predicted molar refractivity (Wildman–Crippen MR) is 88.4 cm³/mol. The van der Waals surface area contributed by atoms with Crippen LogP contribution in [0.1, 0.15) is 63.7 Å². The number of hydrogen-bond acceptors (Lipinski definition) is 3. The summed E-state index contributed by atoms with van der Waals surface area (Å²) in [7, 11) is 0. The summed E-state index contributed by atoms with van der Waals surface area (Å²) in [6.07, 6.45) is 1.10. The molecule has 120 valence electrons. The van der Waals surface area contributed by atoms with E-state index in [0.717, 1.165) is 18.4 Å². The quantitative estimate of drug-likeness (QED) is 0.655. The molecule has 2 unspecified atom stereocenters. The highest BCUT2D eigenvalue weighted by Crippen LogP contribution is 2.18. The average molecular weight is 293 g/mol. The molecule has 0 heterocycles. The summed E-state index contributed by atoms with van der Waals surface area (Å²) in [5, 5.41) is 23.4. The molecule has 0 bridgehead atoms. The topological polar surface area (TPSA) is 52.5 Å². The molecule has 1 aromatic carbocycles. The molecule has 0 aliphatic carbocycles. The fraction of sp³-hybridized carbons (Fsp3) is 0.667. The average Bonchev–Trinajstić information content (AvgIpc) is 2.48. The van der Waals surface area contributed by atoms with Crippen LogP contribution in [0.2, 0.25) is 0 Å². The normalized spacial score (nSPS) is 14.7. The summed E-state index contributed by atoms with van der Waals surface area (Å²) >= 11 is 0. The van der Waals surface area contributed by atoms with Crippen LogP contribution < -0.4 is 5.32 Å². The maximum atomic E-state index is 10.2. The first-order valence-electron chi connectivity index (χ1n) is 8.16. The largest absolute Gasteiger partial charge is 0.392 e. The highest BCUT2D eigenvalue weighted by Gasteiger charge is 2.15. The van der Waals surface area contributed by atoms with Gasteiger partial charge in [-0.15, -0.1) is 0 Å². The molecule has 0 amide bonds. The Morgan fingerprint density at radius 2 is 1.43 bits per heavy atom. The Morgan fingerprint density at radius 1 is 0.905 bits per heavy atom. The van der Waals surface area contributed by atoms with E-state index in [2.05, 4.69) is 45.1 Å². The van der Waals surface area contributed by atoms with Crippen LogP contribution in [0.4, 0.5) is 0 Å². The van der Waals surface area contributed by atoms with Gasteiger partial charge in [-0.3, -0.25) is 0 Å². The molecule has 3 heteroatoms. The van der Waals surface area contributed by atoms with E-state index in [1.165, 1.54) is 5.56 Å². The molecular weight excluding hydrogens is 262 g/mol. The van der Waals surface area contributed by atoms with Gasteiger partial charge in [-0.1, -0.05) is 64.8 Å². The second-order valence-corrected chi connectivity index (χ2v) is 6.14. The van der Waals surface area contributed by atoms with Crippen molar-refractivity contribution in [1.29, 1.82) is 0 Å². The van der Waals surface area contributed by atoms with E-state index in [0.29, 0.717) is 24.9 Å². The molecule has 21 heavy (non-hydrogen) atoms. The van der Waals surface area contributed by atoms with Crippen molar-refractivity contribution in [2.24, 2.45) is 5.92 Å². The second kappa shape index (κ2) is 9.19. The van der Waals surface area contributed by atoms with Gasteiger partial charge >= 0.3 is 0 Å². The van der Waals surface area contributed by atoms with Crippen molar-refractivity contribution in [3.05, 3.63) is 35.4 Å². The number of aliphatic hydroxyl groups is 2. The summed E-state index contributed by atoms with van der Waals surface area (Å²) in [5.41, 5.74) is 2.20. The summed E-state index contributed by atoms with van der Waals surface area (Å²) in [5.74, 6) is 0.837. The van der Waals surface area contributed by atoms with Crippen molar-refractivity contribution < 1.29 is 10.2 Å². The summed E-state index contributed by atoms with van der Waals surface area (Å²) in [4.78, 5) is 0. The molecule has 0 spiro atoms. The molecule has 0 fully saturated rings. The molecule has 1 aromatic rings. The third-order valence-electron chi connectivity index (χ3n) is 4.27. The van der Waals surface area contributed by atoms with Crippen molar-refractivity contribution in [2.75, 3.05) is 13.1 Å². The first kappa shape index (κ1) is 18.1. The molecule has 0 saturated heterocycles. The van der Waals surface area contributed by atoms with Gasteiger partial charge in [0.25, 0.3) is 0 Å². The fourth-order valence-corrected chi connectivity index (χ4v) is 2.59. The van der Waals surface area contributed by atoms with Gasteiger partial charge in [0.15, 0.2) is 0 Å². The summed E-state index contributed by atoms with van der Waals surface area (Å²) < 4.78 is 0. The van der Waals surface area contributed by atoms with Crippen molar-refractivity contribution in [2.45, 2.75) is 58.7 Å². The van der Waals surface area contributed by atoms with E-state index < -0.39 is 6.10 Å². The van der Waals surface area contributed by atoms with Gasteiger partial charge in [-0.2, -0.15) is 0 Å². The fourth-order valence-electron chi connectivity index (χ4n) is 2.59. The summed E-state index contributed by atoms with van der Waals surface area (Å²) in [6.45, 7) is 9.52. The highest BCUT2D eigenvalue weighted by atomic mass is 16.3. The van der Waals surface area contributed by atoms with Crippen LogP contribution in [0.5, 0.6) is 0 Å². The molecule has 1 rings (SSSR count). The van der Waals surface area contributed by atoms with Crippen molar-refractivity contribution >= 4 is 0 Å². The van der Waals surface area contributed by atoms with Crippen LogP contribution in [-0.4, -0.2) is 29.4 Å². The minimum absolute atomic E-state index is 0.333. The lowest BCUT2D eigenvalue weighted by molar-refractivity contribution is 0.0945. The van der Waals surface area contributed by atoms with Crippen LogP contribution in [0.25, 0.3) is 0 Å². The van der Waals surface area contributed by atoms with E-state index in [1.807, 2.05) is 12.1 Å². The van der Waals surface area contributed by atoms with Crippen LogP contribution in [0.15, 0.2) is 24.3 Å². The zero-order valence-electron chi connectivity index (χ0n) is 13.8. The first-order chi connectivity index (χ1) is 9.99. The van der Waals surface area contributed by atoms with Crippen molar-refractivity contribution in [1.82, 2.24) is 5.32 Å². The van der Waals surface area contributed by atoms with Gasteiger partial charge in [0, 0.05) is 13.1 Å².